The van der Waals surface area contributed by atoms with E-state index in [9.17, 15) is 14.2 Å². The lowest BCUT2D eigenvalue weighted by molar-refractivity contribution is -0.135. The molecule has 340 valence electrons. The van der Waals surface area contributed by atoms with Crippen LogP contribution in [0.1, 0.15) is 55.5 Å². The summed E-state index contributed by atoms with van der Waals surface area (Å²) in [6, 6.07) is 18.6. The summed E-state index contributed by atoms with van der Waals surface area (Å²) < 4.78 is 22.1. The molecule has 65 heavy (non-hydrogen) atoms. The number of piperazine rings is 1. The number of carbonyl (C=O) groups is 2. The van der Waals surface area contributed by atoms with Crippen LogP contribution in [0.3, 0.4) is 0 Å². The molecule has 2 amide bonds. The number of hydrogen-bond donors (Lipinski definition) is 3. The summed E-state index contributed by atoms with van der Waals surface area (Å²) in [6.07, 6.45) is 8.30. The molecule has 15 nitrogen and oxygen atoms in total. The van der Waals surface area contributed by atoms with Gasteiger partial charge in [-0.3, -0.25) is 29.5 Å². The van der Waals surface area contributed by atoms with E-state index in [1.165, 1.54) is 16.8 Å². The Balaban J connectivity index is 0.807. The van der Waals surface area contributed by atoms with E-state index in [1.807, 2.05) is 31.2 Å². The number of halogens is 1. The molecule has 3 aromatic carbocycles. The van der Waals surface area contributed by atoms with Crippen molar-refractivity contribution in [1.29, 1.82) is 0 Å². The molecule has 6 heterocycles. The third kappa shape index (κ3) is 9.63. The molecule has 0 aliphatic carbocycles. The molecule has 0 spiro atoms. The SMILES string of the molecule is CCc1cc(Nc2ncc(Br)c(Nc3ccc4nc(C)ccc4c3P(C)(C)=O)n2)c(OC)cc1N1CCC(N2CCN(CCc3ccc4cnn(C5CCC(=O)NC5=O)c4c3)CC2)CC1. The summed E-state index contributed by atoms with van der Waals surface area (Å²) in [7, 11) is -1.03. The lowest BCUT2D eigenvalue weighted by Gasteiger charge is -2.43. The molecule has 3 aromatic heterocycles. The second-order valence-electron chi connectivity index (χ2n) is 17.8. The smallest absolute Gasteiger partial charge is 0.251 e. The summed E-state index contributed by atoms with van der Waals surface area (Å²) in [5.74, 6) is 1.16. The molecule has 3 aliphatic heterocycles. The van der Waals surface area contributed by atoms with E-state index >= 15 is 0 Å². The van der Waals surface area contributed by atoms with Crippen LogP contribution in [0.25, 0.3) is 21.8 Å². The average Bonchev–Trinajstić information content (AvgIpc) is 3.72. The monoisotopic (exact) mass is 961 g/mol. The van der Waals surface area contributed by atoms with Gasteiger partial charge in [-0.1, -0.05) is 25.1 Å². The molecular formula is C48H57BrN11O4P. The van der Waals surface area contributed by atoms with E-state index in [0.717, 1.165) is 110 Å². The minimum atomic E-state index is -2.72. The van der Waals surface area contributed by atoms with Gasteiger partial charge in [0.1, 0.15) is 24.8 Å². The number of nitrogens with zero attached hydrogens (tertiary/aromatic N) is 8. The van der Waals surface area contributed by atoms with E-state index in [-0.39, 0.29) is 11.8 Å². The molecule has 6 aromatic rings. The Morgan fingerprint density at radius 1 is 0.908 bits per heavy atom. The molecule has 1 atom stereocenters. The molecular weight excluding hydrogens is 905 g/mol. The highest BCUT2D eigenvalue weighted by Crippen LogP contribution is 2.42. The number of hydrogen-bond acceptors (Lipinski definition) is 13. The fourth-order valence-electron chi connectivity index (χ4n) is 9.71. The normalized spacial score (nSPS) is 18.1. The highest BCUT2D eigenvalue weighted by Gasteiger charge is 2.31. The van der Waals surface area contributed by atoms with Crippen molar-refractivity contribution in [2.75, 3.05) is 81.8 Å². The predicted molar refractivity (Wildman–Crippen MR) is 262 cm³/mol. The molecule has 0 saturated carbocycles. The fourth-order valence-corrected chi connectivity index (χ4v) is 11.5. The first kappa shape index (κ1) is 44.8. The van der Waals surface area contributed by atoms with Crippen LogP contribution in [0.4, 0.5) is 28.8 Å². The number of nitrogens with one attached hydrogen (secondary N) is 3. The Morgan fingerprint density at radius 3 is 2.45 bits per heavy atom. The number of carbonyl (C=O) groups excluding carboxylic acids is 2. The first-order chi connectivity index (χ1) is 31.3. The maximum Gasteiger partial charge on any atom is 0.251 e. The Labute approximate surface area is 388 Å². The number of piperidine rings is 2. The van der Waals surface area contributed by atoms with Gasteiger partial charge in [0.15, 0.2) is 0 Å². The topological polar surface area (TPSA) is 163 Å². The van der Waals surface area contributed by atoms with E-state index in [1.54, 1.807) is 37.5 Å². The van der Waals surface area contributed by atoms with Gasteiger partial charge in [0.2, 0.25) is 11.9 Å². The standard InChI is InChI=1S/C48H57BrN11O4P/c1-6-32-26-39(54-48-50-29-36(49)46(56-48)53-38-12-11-37-35(10-7-30(2)52-37)45(38)65(4,5)63)43(64-3)27-41(32)59-19-16-34(17-20-59)58-23-21-57(22-24-58)18-15-31-8-9-33-28-51-60(42(33)25-31)40-13-14-44(61)55-47(40)62/h7-12,25-29,34,40H,6,13-24H2,1-5H3,(H,55,61,62)(H2,50,53,54,56). The summed E-state index contributed by atoms with van der Waals surface area (Å²) in [6.45, 7) is 14.8. The highest BCUT2D eigenvalue weighted by atomic mass is 79.9. The van der Waals surface area contributed by atoms with Crippen LogP contribution in [0.5, 0.6) is 5.75 Å². The van der Waals surface area contributed by atoms with Crippen LogP contribution in [0.15, 0.2) is 71.5 Å². The molecule has 0 bridgehead atoms. The number of amides is 2. The van der Waals surface area contributed by atoms with Gasteiger partial charge in [-0.05, 0) is 110 Å². The van der Waals surface area contributed by atoms with Gasteiger partial charge in [-0.25, -0.2) is 4.98 Å². The summed E-state index contributed by atoms with van der Waals surface area (Å²) >= 11 is 3.63. The fraction of sp³-hybridized carbons (Fsp3) is 0.417. The number of imide groups is 1. The minimum absolute atomic E-state index is 0.218. The van der Waals surface area contributed by atoms with Crippen LogP contribution in [-0.2, 0) is 27.0 Å². The second kappa shape index (κ2) is 18.8. The zero-order valence-electron chi connectivity index (χ0n) is 37.7. The van der Waals surface area contributed by atoms with Gasteiger partial charge in [0.05, 0.1) is 40.2 Å². The zero-order chi connectivity index (χ0) is 45.4. The van der Waals surface area contributed by atoms with Crippen molar-refractivity contribution >= 4 is 90.8 Å². The number of rotatable bonds is 13. The number of aromatic nitrogens is 5. The van der Waals surface area contributed by atoms with Crippen molar-refractivity contribution in [3.63, 3.8) is 0 Å². The van der Waals surface area contributed by atoms with Gasteiger partial charge >= 0.3 is 0 Å². The minimum Gasteiger partial charge on any atom is -0.494 e. The van der Waals surface area contributed by atoms with Crippen LogP contribution < -0.4 is 30.9 Å². The maximum atomic E-state index is 13.7. The summed E-state index contributed by atoms with van der Waals surface area (Å²) in [4.78, 5) is 46.2. The van der Waals surface area contributed by atoms with E-state index < -0.39 is 13.2 Å². The van der Waals surface area contributed by atoms with Crippen LogP contribution in [0, 0.1) is 6.92 Å². The van der Waals surface area contributed by atoms with Gasteiger partial charge in [0.25, 0.3) is 5.91 Å². The third-order valence-corrected chi connectivity index (χ3v) is 15.3. The molecule has 1 unspecified atom stereocenters. The van der Waals surface area contributed by atoms with Crippen molar-refractivity contribution in [3.8, 4) is 5.75 Å². The van der Waals surface area contributed by atoms with Crippen LogP contribution >= 0.6 is 23.1 Å². The number of ether oxygens (including phenoxy) is 1. The Morgan fingerprint density at radius 2 is 1.71 bits per heavy atom. The summed E-state index contributed by atoms with van der Waals surface area (Å²) in [5.41, 5.74) is 7.80. The van der Waals surface area contributed by atoms with Gasteiger partial charge < -0.3 is 29.7 Å². The van der Waals surface area contributed by atoms with Crippen molar-refractivity contribution in [3.05, 3.63) is 88.3 Å². The van der Waals surface area contributed by atoms with Gasteiger partial charge in [-0.2, -0.15) is 10.1 Å². The van der Waals surface area contributed by atoms with E-state index in [0.29, 0.717) is 46.6 Å². The Hall–Kier alpha value is -5.41. The zero-order valence-corrected chi connectivity index (χ0v) is 40.2. The number of benzene rings is 3. The third-order valence-electron chi connectivity index (χ3n) is 13.2. The number of anilines is 5. The molecule has 17 heteroatoms. The number of methoxy groups -OCH3 is 1. The summed E-state index contributed by atoms with van der Waals surface area (Å²) in [5, 5.41) is 16.5. The molecule has 3 N–H and O–H groups in total. The van der Waals surface area contributed by atoms with Crippen molar-refractivity contribution < 1.29 is 18.9 Å². The molecule has 3 aliphatic rings. The molecule has 0 radical (unpaired) electrons. The van der Waals surface area contributed by atoms with Crippen LogP contribution in [-0.4, -0.2) is 119 Å². The maximum absolute atomic E-state index is 13.7. The van der Waals surface area contributed by atoms with Crippen LogP contribution in [0.2, 0.25) is 0 Å². The largest absolute Gasteiger partial charge is 0.494 e. The van der Waals surface area contributed by atoms with Crippen molar-refractivity contribution in [1.82, 2.24) is 39.8 Å². The van der Waals surface area contributed by atoms with E-state index in [4.69, 9.17) is 9.72 Å². The lowest BCUT2D eigenvalue weighted by Crippen LogP contribution is -2.53. The number of fused-ring (bicyclic) bond motifs is 2. The second-order valence-corrected chi connectivity index (χ2v) is 21.8. The number of aryl methyl sites for hydroxylation is 2. The molecule has 3 saturated heterocycles. The van der Waals surface area contributed by atoms with Crippen molar-refractivity contribution in [2.45, 2.75) is 64.5 Å². The average molecular weight is 963 g/mol. The van der Waals surface area contributed by atoms with Gasteiger partial charge in [-0.15, -0.1) is 0 Å². The Kier molecular flexibility index (Phi) is 13.0. The number of pyridine rings is 1. The van der Waals surface area contributed by atoms with E-state index in [2.05, 4.69) is 98.9 Å². The van der Waals surface area contributed by atoms with Crippen molar-refractivity contribution in [2.24, 2.45) is 0 Å². The lowest BCUT2D eigenvalue weighted by atomic mass is 9.99. The van der Waals surface area contributed by atoms with Gasteiger partial charge in [0, 0.05) is 98.0 Å². The Bertz CT molecular complexity index is 2810. The molecule has 3 fully saturated rings. The first-order valence-corrected chi connectivity index (χ1v) is 26.0. The molecule has 9 rings (SSSR count). The predicted octanol–water partition coefficient (Wildman–Crippen LogP) is 7.56. The highest BCUT2D eigenvalue weighted by molar-refractivity contribution is 9.10. The quantitative estimate of drug-likeness (QED) is 0.0769. The first-order valence-electron chi connectivity index (χ1n) is 22.6.